The van der Waals surface area contributed by atoms with E-state index in [1.807, 2.05) is 25.9 Å². The van der Waals surface area contributed by atoms with Gasteiger partial charge in [0.05, 0.1) is 12.0 Å². The van der Waals surface area contributed by atoms with Crippen molar-refractivity contribution in [2.24, 2.45) is 5.92 Å². The molecule has 0 saturated carbocycles. The fourth-order valence-electron chi connectivity index (χ4n) is 2.02. The lowest BCUT2D eigenvalue weighted by atomic mass is 10.1. The minimum atomic E-state index is -0.850. The molecule has 0 aromatic carbocycles. The van der Waals surface area contributed by atoms with Gasteiger partial charge in [0, 0.05) is 12.6 Å². The summed E-state index contributed by atoms with van der Waals surface area (Å²) in [4.78, 5) is 24.4. The summed E-state index contributed by atoms with van der Waals surface area (Å²) in [6.07, 6.45) is 3.77. The van der Waals surface area contributed by atoms with Gasteiger partial charge >= 0.3 is 12.0 Å². The minimum Gasteiger partial charge on any atom is -0.481 e. The topological polar surface area (TPSA) is 81.7 Å². The van der Waals surface area contributed by atoms with Gasteiger partial charge in [-0.3, -0.25) is 4.79 Å². The predicted molar refractivity (Wildman–Crippen MR) is 68.4 cm³/mol. The molecule has 6 heteroatoms. The largest absolute Gasteiger partial charge is 0.481 e. The van der Waals surface area contributed by atoms with Crippen molar-refractivity contribution in [2.75, 3.05) is 20.6 Å². The predicted octanol–water partition coefficient (Wildman–Crippen LogP) is 0.265. The monoisotopic (exact) mass is 255 g/mol. The van der Waals surface area contributed by atoms with Crippen LogP contribution in [0.15, 0.2) is 12.2 Å². The quantitative estimate of drug-likeness (QED) is 0.616. The average molecular weight is 255 g/mol. The van der Waals surface area contributed by atoms with Crippen molar-refractivity contribution in [2.45, 2.75) is 25.4 Å². The summed E-state index contributed by atoms with van der Waals surface area (Å²) in [5, 5.41) is 14.4. The van der Waals surface area contributed by atoms with Gasteiger partial charge in [0.15, 0.2) is 0 Å². The van der Waals surface area contributed by atoms with Gasteiger partial charge in [-0.1, -0.05) is 12.2 Å². The maximum Gasteiger partial charge on any atom is 0.315 e. The fraction of sp³-hybridized carbons (Fsp3) is 0.667. The van der Waals surface area contributed by atoms with E-state index in [2.05, 4.69) is 10.6 Å². The molecule has 0 saturated heterocycles. The molecule has 1 aliphatic rings. The van der Waals surface area contributed by atoms with Crippen LogP contribution in [0.3, 0.4) is 0 Å². The summed E-state index contributed by atoms with van der Waals surface area (Å²) >= 11 is 0. The van der Waals surface area contributed by atoms with Crippen LogP contribution >= 0.6 is 0 Å². The summed E-state index contributed by atoms with van der Waals surface area (Å²) < 4.78 is 0. The summed E-state index contributed by atoms with van der Waals surface area (Å²) in [6, 6.07) is -0.414. The Morgan fingerprint density at radius 1 is 1.44 bits per heavy atom. The molecule has 0 radical (unpaired) electrons. The van der Waals surface area contributed by atoms with Crippen molar-refractivity contribution in [3.63, 3.8) is 0 Å². The first-order valence-corrected chi connectivity index (χ1v) is 6.01. The standard InChI is InChI=1S/C12H21N3O3/c1-8(7-15(2)3)13-12(18)14-10-5-4-9(6-10)11(16)17/h4-5,8-10H,6-7H2,1-3H3,(H,16,17)(H2,13,14,18). The number of amides is 2. The lowest BCUT2D eigenvalue weighted by molar-refractivity contribution is -0.140. The zero-order chi connectivity index (χ0) is 13.7. The molecule has 6 nitrogen and oxygen atoms in total. The molecule has 1 rings (SSSR count). The van der Waals surface area contributed by atoms with Crippen molar-refractivity contribution in [1.29, 1.82) is 0 Å². The molecule has 102 valence electrons. The Balaban J connectivity index is 2.30. The van der Waals surface area contributed by atoms with Gasteiger partial charge in [-0.2, -0.15) is 0 Å². The molecule has 0 fully saturated rings. The Hall–Kier alpha value is -1.56. The van der Waals surface area contributed by atoms with Crippen LogP contribution in [-0.2, 0) is 4.79 Å². The molecule has 3 atom stereocenters. The van der Waals surface area contributed by atoms with E-state index in [0.29, 0.717) is 6.42 Å². The van der Waals surface area contributed by atoms with Gasteiger partial charge in [0.2, 0.25) is 0 Å². The Labute approximate surface area is 107 Å². The van der Waals surface area contributed by atoms with Crippen molar-refractivity contribution in [1.82, 2.24) is 15.5 Å². The van der Waals surface area contributed by atoms with E-state index in [0.717, 1.165) is 6.54 Å². The first-order valence-electron chi connectivity index (χ1n) is 6.01. The van der Waals surface area contributed by atoms with E-state index in [1.54, 1.807) is 12.2 Å². The number of nitrogens with zero attached hydrogens (tertiary/aromatic N) is 1. The third kappa shape index (κ3) is 4.75. The number of carbonyl (C=O) groups excluding carboxylic acids is 1. The molecule has 0 aromatic heterocycles. The average Bonchev–Trinajstić information content (AvgIpc) is 2.63. The molecular formula is C12H21N3O3. The van der Waals surface area contributed by atoms with Gasteiger partial charge in [-0.15, -0.1) is 0 Å². The molecule has 0 spiro atoms. The van der Waals surface area contributed by atoms with Crippen LogP contribution in [0.25, 0.3) is 0 Å². The highest BCUT2D eigenvalue weighted by Gasteiger charge is 2.25. The smallest absolute Gasteiger partial charge is 0.315 e. The van der Waals surface area contributed by atoms with E-state index in [9.17, 15) is 9.59 Å². The van der Waals surface area contributed by atoms with Crippen molar-refractivity contribution >= 4 is 12.0 Å². The molecule has 18 heavy (non-hydrogen) atoms. The number of urea groups is 1. The molecule has 0 bridgehead atoms. The number of carboxylic acid groups (broad SMARTS) is 1. The highest BCUT2D eigenvalue weighted by Crippen LogP contribution is 2.17. The maximum absolute atomic E-state index is 11.6. The summed E-state index contributed by atoms with van der Waals surface area (Å²) in [7, 11) is 3.88. The Morgan fingerprint density at radius 3 is 2.61 bits per heavy atom. The molecular weight excluding hydrogens is 234 g/mol. The lowest BCUT2D eigenvalue weighted by Crippen LogP contribution is -2.47. The normalized spacial score (nSPS) is 24.0. The number of carboxylic acids is 1. The van der Waals surface area contributed by atoms with Gasteiger partial charge in [0.1, 0.15) is 0 Å². The Kier molecular flexibility index (Phi) is 5.15. The molecule has 2 amide bonds. The van der Waals surface area contributed by atoms with Crippen LogP contribution in [-0.4, -0.2) is 54.7 Å². The van der Waals surface area contributed by atoms with E-state index in [4.69, 9.17) is 5.11 Å². The highest BCUT2D eigenvalue weighted by atomic mass is 16.4. The number of hydrogen-bond acceptors (Lipinski definition) is 3. The third-order valence-corrected chi connectivity index (χ3v) is 2.73. The molecule has 0 aromatic rings. The Morgan fingerprint density at radius 2 is 2.11 bits per heavy atom. The van der Waals surface area contributed by atoms with Crippen LogP contribution in [0.1, 0.15) is 13.3 Å². The fourth-order valence-corrected chi connectivity index (χ4v) is 2.02. The maximum atomic E-state index is 11.6. The molecule has 0 heterocycles. The zero-order valence-electron chi connectivity index (χ0n) is 11.0. The number of rotatable bonds is 5. The van der Waals surface area contributed by atoms with Crippen LogP contribution in [0, 0.1) is 5.92 Å². The second-order valence-corrected chi connectivity index (χ2v) is 4.95. The van der Waals surface area contributed by atoms with E-state index in [-0.39, 0.29) is 18.1 Å². The molecule has 1 aliphatic carbocycles. The number of hydrogen-bond donors (Lipinski definition) is 3. The first-order chi connectivity index (χ1) is 8.38. The van der Waals surface area contributed by atoms with Gasteiger partial charge in [-0.25, -0.2) is 4.79 Å². The van der Waals surface area contributed by atoms with Gasteiger partial charge in [0.25, 0.3) is 0 Å². The van der Waals surface area contributed by atoms with Crippen LogP contribution < -0.4 is 10.6 Å². The number of nitrogens with one attached hydrogen (secondary N) is 2. The number of likely N-dealkylation sites (N-methyl/N-ethyl adjacent to an activating group) is 1. The van der Waals surface area contributed by atoms with Crippen molar-refractivity contribution in [3.05, 3.63) is 12.2 Å². The summed E-state index contributed by atoms with van der Waals surface area (Å²) in [5.41, 5.74) is 0. The highest BCUT2D eigenvalue weighted by molar-refractivity contribution is 5.76. The molecule has 3 N–H and O–H groups in total. The van der Waals surface area contributed by atoms with E-state index >= 15 is 0 Å². The van der Waals surface area contributed by atoms with Gasteiger partial charge < -0.3 is 20.6 Å². The number of carbonyl (C=O) groups is 2. The summed E-state index contributed by atoms with van der Waals surface area (Å²) in [6.45, 7) is 2.68. The lowest BCUT2D eigenvalue weighted by Gasteiger charge is -2.20. The first kappa shape index (κ1) is 14.5. The van der Waals surface area contributed by atoms with E-state index in [1.165, 1.54) is 0 Å². The number of aliphatic carboxylic acids is 1. The van der Waals surface area contributed by atoms with Crippen LogP contribution in [0.5, 0.6) is 0 Å². The minimum absolute atomic E-state index is 0.0423. The van der Waals surface area contributed by atoms with E-state index < -0.39 is 11.9 Å². The second kappa shape index (κ2) is 6.39. The van der Waals surface area contributed by atoms with Crippen LogP contribution in [0.4, 0.5) is 4.79 Å². The van der Waals surface area contributed by atoms with Crippen molar-refractivity contribution in [3.8, 4) is 0 Å². The third-order valence-electron chi connectivity index (χ3n) is 2.73. The molecule has 0 aliphatic heterocycles. The Bertz CT molecular complexity index is 341. The van der Waals surface area contributed by atoms with Crippen molar-refractivity contribution < 1.29 is 14.7 Å². The molecule has 3 unspecified atom stereocenters. The zero-order valence-corrected chi connectivity index (χ0v) is 11.0. The summed E-state index contributed by atoms with van der Waals surface area (Å²) in [5.74, 6) is -1.34. The van der Waals surface area contributed by atoms with Crippen LogP contribution in [0.2, 0.25) is 0 Å². The van der Waals surface area contributed by atoms with Gasteiger partial charge in [-0.05, 0) is 27.4 Å². The SMILES string of the molecule is CC(CN(C)C)NC(=O)NC1C=CC(C(=O)O)C1. The second-order valence-electron chi connectivity index (χ2n) is 4.95.